The SMILES string of the molecule is O=C(O)Cn1c(CCC2CCCO2)nc2ccccc21. The summed E-state index contributed by atoms with van der Waals surface area (Å²) in [6, 6.07) is 7.67. The standard InChI is InChI=1S/C15H18N2O3/c18-15(19)10-17-13-6-2-1-5-12(13)16-14(17)8-7-11-4-3-9-20-11/h1-2,5-6,11H,3-4,7-10H2,(H,18,19). The van der Waals surface area contributed by atoms with Gasteiger partial charge in [-0.05, 0) is 31.4 Å². The molecule has 1 atom stereocenters. The van der Waals surface area contributed by atoms with Gasteiger partial charge in [-0.25, -0.2) is 4.98 Å². The van der Waals surface area contributed by atoms with Crippen LogP contribution in [0.2, 0.25) is 0 Å². The number of rotatable bonds is 5. The molecule has 0 amide bonds. The molecule has 1 fully saturated rings. The van der Waals surface area contributed by atoms with E-state index in [2.05, 4.69) is 4.98 Å². The summed E-state index contributed by atoms with van der Waals surface area (Å²) in [5, 5.41) is 9.08. The van der Waals surface area contributed by atoms with Gasteiger partial charge in [-0.2, -0.15) is 0 Å². The minimum absolute atomic E-state index is 0.0403. The number of carbonyl (C=O) groups is 1. The summed E-state index contributed by atoms with van der Waals surface area (Å²) < 4.78 is 7.41. The molecule has 0 saturated carbocycles. The van der Waals surface area contributed by atoms with Crippen LogP contribution in [0.3, 0.4) is 0 Å². The van der Waals surface area contributed by atoms with Gasteiger partial charge in [0.1, 0.15) is 12.4 Å². The zero-order valence-electron chi connectivity index (χ0n) is 11.3. The molecule has 5 nitrogen and oxygen atoms in total. The fraction of sp³-hybridized carbons (Fsp3) is 0.467. The summed E-state index contributed by atoms with van der Waals surface area (Å²) in [5.74, 6) is -0.00406. The van der Waals surface area contributed by atoms with E-state index in [0.717, 1.165) is 49.1 Å². The summed E-state index contributed by atoms with van der Waals surface area (Å²) >= 11 is 0. The molecule has 0 aliphatic carbocycles. The smallest absolute Gasteiger partial charge is 0.323 e. The van der Waals surface area contributed by atoms with Gasteiger partial charge in [0.15, 0.2) is 0 Å². The van der Waals surface area contributed by atoms with Crippen molar-refractivity contribution in [3.8, 4) is 0 Å². The highest BCUT2D eigenvalue weighted by Gasteiger charge is 2.18. The van der Waals surface area contributed by atoms with Crippen LogP contribution < -0.4 is 0 Å². The maximum atomic E-state index is 11.0. The quantitative estimate of drug-likeness (QED) is 0.908. The minimum atomic E-state index is -0.841. The first-order valence-electron chi connectivity index (χ1n) is 7.01. The van der Waals surface area contributed by atoms with Crippen molar-refractivity contribution in [3.05, 3.63) is 30.1 Å². The van der Waals surface area contributed by atoms with Gasteiger partial charge in [0, 0.05) is 13.0 Å². The number of aryl methyl sites for hydroxylation is 1. The lowest BCUT2D eigenvalue weighted by Crippen LogP contribution is -2.14. The molecule has 1 aliphatic heterocycles. The molecule has 1 aromatic heterocycles. The molecule has 1 unspecified atom stereocenters. The molecule has 20 heavy (non-hydrogen) atoms. The van der Waals surface area contributed by atoms with E-state index in [1.54, 1.807) is 4.57 Å². The van der Waals surface area contributed by atoms with E-state index >= 15 is 0 Å². The molecular weight excluding hydrogens is 256 g/mol. The molecule has 3 rings (SSSR count). The number of carboxylic acid groups (broad SMARTS) is 1. The Bertz CT molecular complexity index is 615. The molecule has 2 heterocycles. The lowest BCUT2D eigenvalue weighted by Gasteiger charge is -2.10. The second kappa shape index (κ2) is 5.63. The van der Waals surface area contributed by atoms with Gasteiger partial charge in [-0.15, -0.1) is 0 Å². The first kappa shape index (κ1) is 13.1. The van der Waals surface area contributed by atoms with Crippen LogP contribution in [0.5, 0.6) is 0 Å². The monoisotopic (exact) mass is 274 g/mol. The van der Waals surface area contributed by atoms with E-state index in [4.69, 9.17) is 9.84 Å². The number of imidazole rings is 1. The number of para-hydroxylation sites is 2. The van der Waals surface area contributed by atoms with Gasteiger partial charge in [0.05, 0.1) is 17.1 Å². The molecule has 0 bridgehead atoms. The highest BCUT2D eigenvalue weighted by Crippen LogP contribution is 2.21. The Kier molecular flexibility index (Phi) is 3.69. The summed E-state index contributed by atoms with van der Waals surface area (Å²) in [7, 11) is 0. The van der Waals surface area contributed by atoms with Gasteiger partial charge in [-0.1, -0.05) is 12.1 Å². The van der Waals surface area contributed by atoms with E-state index in [-0.39, 0.29) is 6.54 Å². The van der Waals surface area contributed by atoms with Crippen LogP contribution >= 0.6 is 0 Å². The molecule has 2 aromatic rings. The largest absolute Gasteiger partial charge is 0.480 e. The predicted octanol–water partition coefficient (Wildman–Crippen LogP) is 2.23. The molecule has 1 N–H and O–H groups in total. The molecular formula is C15H18N2O3. The summed E-state index contributed by atoms with van der Waals surface area (Å²) in [5.41, 5.74) is 1.74. The van der Waals surface area contributed by atoms with Crippen LogP contribution in [0.15, 0.2) is 24.3 Å². The van der Waals surface area contributed by atoms with Gasteiger partial charge in [0.25, 0.3) is 0 Å². The lowest BCUT2D eigenvalue weighted by molar-refractivity contribution is -0.137. The zero-order valence-corrected chi connectivity index (χ0v) is 11.3. The molecule has 1 aliphatic rings. The third-order valence-electron chi connectivity index (χ3n) is 3.74. The van der Waals surface area contributed by atoms with E-state index in [9.17, 15) is 4.79 Å². The second-order valence-electron chi connectivity index (χ2n) is 5.17. The van der Waals surface area contributed by atoms with Crippen molar-refractivity contribution in [2.45, 2.75) is 38.3 Å². The second-order valence-corrected chi connectivity index (χ2v) is 5.17. The number of ether oxygens (including phenoxy) is 1. The van der Waals surface area contributed by atoms with Crippen molar-refractivity contribution in [3.63, 3.8) is 0 Å². The van der Waals surface area contributed by atoms with Gasteiger partial charge in [-0.3, -0.25) is 4.79 Å². The Hall–Kier alpha value is -1.88. The van der Waals surface area contributed by atoms with E-state index in [1.807, 2.05) is 24.3 Å². The third-order valence-corrected chi connectivity index (χ3v) is 3.74. The number of aliphatic carboxylic acids is 1. The van der Waals surface area contributed by atoms with Gasteiger partial charge < -0.3 is 14.4 Å². The van der Waals surface area contributed by atoms with E-state index in [0.29, 0.717) is 6.10 Å². The van der Waals surface area contributed by atoms with Crippen molar-refractivity contribution in [1.82, 2.24) is 9.55 Å². The molecule has 0 spiro atoms. The van der Waals surface area contributed by atoms with Crippen molar-refractivity contribution >= 4 is 17.0 Å². The van der Waals surface area contributed by atoms with Gasteiger partial charge in [0.2, 0.25) is 0 Å². The minimum Gasteiger partial charge on any atom is -0.480 e. The Morgan fingerprint density at radius 2 is 2.30 bits per heavy atom. The fourth-order valence-electron chi connectivity index (χ4n) is 2.79. The highest BCUT2D eigenvalue weighted by atomic mass is 16.5. The fourth-order valence-corrected chi connectivity index (χ4v) is 2.79. The summed E-state index contributed by atoms with van der Waals surface area (Å²) in [6.07, 6.45) is 4.18. The van der Waals surface area contributed by atoms with Crippen LogP contribution in [-0.4, -0.2) is 33.3 Å². The molecule has 0 radical (unpaired) electrons. The molecule has 5 heteroatoms. The Balaban J connectivity index is 1.85. The summed E-state index contributed by atoms with van der Waals surface area (Å²) in [6.45, 7) is 0.803. The Morgan fingerprint density at radius 1 is 1.45 bits per heavy atom. The maximum Gasteiger partial charge on any atom is 0.323 e. The first-order chi connectivity index (χ1) is 9.74. The number of carboxylic acids is 1. The van der Waals surface area contributed by atoms with Gasteiger partial charge >= 0.3 is 5.97 Å². The predicted molar refractivity (Wildman–Crippen MR) is 74.7 cm³/mol. The number of aromatic nitrogens is 2. The number of benzene rings is 1. The van der Waals surface area contributed by atoms with Crippen LogP contribution in [0.1, 0.15) is 25.1 Å². The zero-order chi connectivity index (χ0) is 13.9. The molecule has 1 aromatic carbocycles. The first-order valence-corrected chi connectivity index (χ1v) is 7.01. The third kappa shape index (κ3) is 2.67. The lowest BCUT2D eigenvalue weighted by atomic mass is 10.1. The normalized spacial score (nSPS) is 18.7. The molecule has 1 saturated heterocycles. The van der Waals surface area contributed by atoms with Crippen molar-refractivity contribution in [2.24, 2.45) is 0 Å². The van der Waals surface area contributed by atoms with Crippen molar-refractivity contribution < 1.29 is 14.6 Å². The topological polar surface area (TPSA) is 64.3 Å². The van der Waals surface area contributed by atoms with Crippen LogP contribution in [0, 0.1) is 0 Å². The number of nitrogens with zero attached hydrogens (tertiary/aromatic N) is 2. The van der Waals surface area contributed by atoms with E-state index < -0.39 is 5.97 Å². The van der Waals surface area contributed by atoms with Crippen LogP contribution in [0.25, 0.3) is 11.0 Å². The summed E-state index contributed by atoms with van der Waals surface area (Å²) in [4.78, 5) is 15.6. The van der Waals surface area contributed by atoms with E-state index in [1.165, 1.54) is 0 Å². The maximum absolute atomic E-state index is 11.0. The average Bonchev–Trinajstić information content (AvgIpc) is 3.04. The highest BCUT2D eigenvalue weighted by molar-refractivity contribution is 5.78. The molecule has 106 valence electrons. The number of hydrogen-bond acceptors (Lipinski definition) is 3. The Labute approximate surface area is 117 Å². The van der Waals surface area contributed by atoms with Crippen molar-refractivity contribution in [1.29, 1.82) is 0 Å². The number of hydrogen-bond donors (Lipinski definition) is 1. The Morgan fingerprint density at radius 3 is 3.05 bits per heavy atom. The van der Waals surface area contributed by atoms with Crippen LogP contribution in [-0.2, 0) is 22.5 Å². The van der Waals surface area contributed by atoms with Crippen molar-refractivity contribution in [2.75, 3.05) is 6.61 Å². The van der Waals surface area contributed by atoms with Crippen LogP contribution in [0.4, 0.5) is 0 Å². The average molecular weight is 274 g/mol. The number of fused-ring (bicyclic) bond motifs is 1.